The molecular weight excluding hydrogens is 338 g/mol. The van der Waals surface area contributed by atoms with Gasteiger partial charge in [0.1, 0.15) is 0 Å². The van der Waals surface area contributed by atoms with Gasteiger partial charge in [0.2, 0.25) is 0 Å². The van der Waals surface area contributed by atoms with Crippen molar-refractivity contribution in [2.45, 2.75) is 45.6 Å². The number of esters is 1. The van der Waals surface area contributed by atoms with Crippen molar-refractivity contribution in [1.29, 1.82) is 0 Å². The summed E-state index contributed by atoms with van der Waals surface area (Å²) >= 11 is 0. The molecule has 0 aromatic heterocycles. The van der Waals surface area contributed by atoms with Gasteiger partial charge in [-0.25, -0.2) is 9.59 Å². The summed E-state index contributed by atoms with van der Waals surface area (Å²) in [7, 11) is 0. The highest BCUT2D eigenvalue weighted by Crippen LogP contribution is 2.29. The lowest BCUT2D eigenvalue weighted by Gasteiger charge is -2.28. The fourth-order valence-electron chi connectivity index (χ4n) is 2.80. The number of benzene rings is 1. The molecule has 0 spiro atoms. The maximum atomic E-state index is 12.5. The summed E-state index contributed by atoms with van der Waals surface area (Å²) in [6.45, 7) is 4.00. The fraction of sp³-hybridized carbons (Fsp3) is 0.444. The Kier molecular flexibility index (Phi) is 6.71. The van der Waals surface area contributed by atoms with Gasteiger partial charge in [0.25, 0.3) is 5.69 Å². The summed E-state index contributed by atoms with van der Waals surface area (Å²) in [5.41, 5.74) is 0.968. The minimum atomic E-state index is -0.799. The maximum Gasteiger partial charge on any atom is 0.338 e. The average Bonchev–Trinajstić information content (AvgIpc) is 2.60. The zero-order chi connectivity index (χ0) is 19.1. The van der Waals surface area contributed by atoms with E-state index in [-0.39, 0.29) is 11.3 Å². The first kappa shape index (κ1) is 19.4. The van der Waals surface area contributed by atoms with Crippen LogP contribution in [0.2, 0.25) is 0 Å². The van der Waals surface area contributed by atoms with Gasteiger partial charge >= 0.3 is 12.0 Å². The predicted octanol–water partition coefficient (Wildman–Crippen LogP) is 3.35. The second-order valence-corrected chi connectivity index (χ2v) is 6.12. The zero-order valence-corrected chi connectivity index (χ0v) is 14.9. The molecule has 8 nitrogen and oxygen atoms in total. The zero-order valence-electron chi connectivity index (χ0n) is 14.9. The van der Waals surface area contributed by atoms with Crippen LogP contribution in [0.5, 0.6) is 0 Å². The third-order valence-corrected chi connectivity index (χ3v) is 4.13. The molecule has 0 bridgehead atoms. The minimum Gasteiger partial charge on any atom is -0.462 e. The first-order valence-corrected chi connectivity index (χ1v) is 8.63. The van der Waals surface area contributed by atoms with Gasteiger partial charge in [-0.1, -0.05) is 38.3 Å². The van der Waals surface area contributed by atoms with E-state index in [1.54, 1.807) is 13.0 Å². The van der Waals surface area contributed by atoms with Crippen LogP contribution >= 0.6 is 0 Å². The van der Waals surface area contributed by atoms with Crippen molar-refractivity contribution in [3.8, 4) is 0 Å². The molecule has 2 amide bonds. The summed E-state index contributed by atoms with van der Waals surface area (Å²) in [5.74, 6) is -0.539. The Morgan fingerprint density at radius 3 is 2.77 bits per heavy atom. The van der Waals surface area contributed by atoms with E-state index in [0.717, 1.165) is 25.7 Å². The van der Waals surface area contributed by atoms with Crippen molar-refractivity contribution in [1.82, 2.24) is 10.6 Å². The second-order valence-electron chi connectivity index (χ2n) is 6.12. The molecule has 0 saturated carbocycles. The number of nitrogens with zero attached hydrogens (tertiary/aromatic N) is 1. The molecule has 1 aliphatic heterocycles. The molecule has 8 heteroatoms. The molecule has 1 aromatic carbocycles. The lowest BCUT2D eigenvalue weighted by Crippen LogP contribution is -2.45. The molecule has 2 N–H and O–H groups in total. The third kappa shape index (κ3) is 4.81. The largest absolute Gasteiger partial charge is 0.462 e. The first-order chi connectivity index (χ1) is 12.4. The third-order valence-electron chi connectivity index (χ3n) is 4.13. The molecule has 1 aromatic rings. The van der Waals surface area contributed by atoms with E-state index in [2.05, 4.69) is 17.6 Å². The van der Waals surface area contributed by atoms with Crippen molar-refractivity contribution in [3.63, 3.8) is 0 Å². The molecule has 0 radical (unpaired) electrons. The van der Waals surface area contributed by atoms with E-state index in [1.807, 2.05) is 0 Å². The number of rotatable bonds is 8. The number of unbranched alkanes of at least 4 members (excludes halogenated alkanes) is 3. The van der Waals surface area contributed by atoms with Gasteiger partial charge in [0.15, 0.2) is 0 Å². The lowest BCUT2D eigenvalue weighted by atomic mass is 9.95. The summed E-state index contributed by atoms with van der Waals surface area (Å²) in [6.07, 6.45) is 3.91. The fourth-order valence-corrected chi connectivity index (χ4v) is 2.80. The Labute approximate surface area is 151 Å². The summed E-state index contributed by atoms with van der Waals surface area (Å²) in [6, 6.07) is 4.58. The molecule has 2 rings (SSSR count). The molecule has 1 heterocycles. The molecule has 0 aliphatic carbocycles. The number of ether oxygens (including phenoxy) is 1. The molecule has 0 saturated heterocycles. The van der Waals surface area contributed by atoms with E-state index >= 15 is 0 Å². The topological polar surface area (TPSA) is 111 Å². The highest BCUT2D eigenvalue weighted by Gasteiger charge is 2.32. The van der Waals surface area contributed by atoms with Crippen molar-refractivity contribution in [2.75, 3.05) is 6.61 Å². The first-order valence-electron chi connectivity index (χ1n) is 8.63. The Hall–Kier alpha value is -2.90. The van der Waals surface area contributed by atoms with Gasteiger partial charge in [-0.15, -0.1) is 0 Å². The normalized spacial score (nSPS) is 16.7. The van der Waals surface area contributed by atoms with Gasteiger partial charge < -0.3 is 15.4 Å². The van der Waals surface area contributed by atoms with Crippen molar-refractivity contribution in [3.05, 3.63) is 51.2 Å². The monoisotopic (exact) mass is 361 g/mol. The van der Waals surface area contributed by atoms with Gasteiger partial charge in [-0.3, -0.25) is 10.1 Å². The smallest absolute Gasteiger partial charge is 0.338 e. The highest BCUT2D eigenvalue weighted by molar-refractivity contribution is 5.95. The van der Waals surface area contributed by atoms with E-state index in [4.69, 9.17) is 4.74 Å². The number of nitro groups is 1. The number of carbonyl (C=O) groups is 2. The van der Waals surface area contributed by atoms with Crippen LogP contribution in [-0.2, 0) is 9.53 Å². The number of hydrogen-bond donors (Lipinski definition) is 2. The molecule has 1 aliphatic rings. The Morgan fingerprint density at radius 1 is 1.31 bits per heavy atom. The van der Waals surface area contributed by atoms with Crippen molar-refractivity contribution < 1.29 is 19.2 Å². The van der Waals surface area contributed by atoms with Crippen molar-refractivity contribution in [2.24, 2.45) is 0 Å². The predicted molar refractivity (Wildman–Crippen MR) is 95.3 cm³/mol. The highest BCUT2D eigenvalue weighted by atomic mass is 16.6. The van der Waals surface area contributed by atoms with Crippen LogP contribution in [0.25, 0.3) is 0 Å². The van der Waals surface area contributed by atoms with E-state index in [9.17, 15) is 19.7 Å². The molecule has 26 heavy (non-hydrogen) atoms. The van der Waals surface area contributed by atoms with Crippen LogP contribution in [-0.4, -0.2) is 23.5 Å². The number of nitro benzene ring substituents is 1. The number of allylic oxidation sites excluding steroid dienone is 1. The number of nitrogens with one attached hydrogen (secondary N) is 2. The maximum absolute atomic E-state index is 12.5. The van der Waals surface area contributed by atoms with Crippen LogP contribution < -0.4 is 10.6 Å². The van der Waals surface area contributed by atoms with Gasteiger partial charge in [-0.2, -0.15) is 0 Å². The second kappa shape index (κ2) is 8.98. The molecule has 140 valence electrons. The number of hydrogen-bond acceptors (Lipinski definition) is 5. The van der Waals surface area contributed by atoms with Crippen LogP contribution in [0.1, 0.15) is 51.1 Å². The van der Waals surface area contributed by atoms with E-state index < -0.39 is 23.0 Å². The van der Waals surface area contributed by atoms with Crippen LogP contribution in [0, 0.1) is 10.1 Å². The van der Waals surface area contributed by atoms with Gasteiger partial charge in [0.05, 0.1) is 23.1 Å². The quantitative estimate of drug-likeness (QED) is 0.319. The number of non-ortho nitro benzene ring substituents is 1. The Bertz CT molecular complexity index is 729. The number of urea groups is 1. The standard InChI is InChI=1S/C18H23N3O5/c1-3-4-5-6-10-26-17(22)15-12(2)19-18(23)20-16(15)13-8-7-9-14(11-13)21(24)25/h7-9,11,16H,3-6,10H2,1-2H3,(H2,19,20,23). The van der Waals surface area contributed by atoms with E-state index in [0.29, 0.717) is 17.9 Å². The lowest BCUT2D eigenvalue weighted by molar-refractivity contribution is -0.384. The molecular formula is C18H23N3O5. The summed E-state index contributed by atoms with van der Waals surface area (Å²) < 4.78 is 5.34. The number of amides is 2. The average molecular weight is 361 g/mol. The number of carbonyl (C=O) groups excluding carboxylic acids is 2. The van der Waals surface area contributed by atoms with Gasteiger partial charge in [-0.05, 0) is 18.9 Å². The molecule has 0 fully saturated rings. The summed E-state index contributed by atoms with van der Waals surface area (Å²) in [5, 5.41) is 16.2. The summed E-state index contributed by atoms with van der Waals surface area (Å²) in [4.78, 5) is 34.9. The van der Waals surface area contributed by atoms with E-state index in [1.165, 1.54) is 18.2 Å². The molecule has 1 atom stereocenters. The van der Waals surface area contributed by atoms with Crippen LogP contribution in [0.4, 0.5) is 10.5 Å². The minimum absolute atomic E-state index is 0.111. The van der Waals surface area contributed by atoms with Crippen LogP contribution in [0.15, 0.2) is 35.5 Å². The van der Waals surface area contributed by atoms with Crippen LogP contribution in [0.3, 0.4) is 0 Å². The van der Waals surface area contributed by atoms with Crippen molar-refractivity contribution >= 4 is 17.7 Å². The van der Waals surface area contributed by atoms with Gasteiger partial charge in [0, 0.05) is 17.8 Å². The SMILES string of the molecule is CCCCCCOC(=O)C1=C(C)NC(=O)NC1c1cccc([N+](=O)[O-])c1. The Morgan fingerprint density at radius 2 is 2.08 bits per heavy atom. The Balaban J connectivity index is 2.21. The molecule has 1 unspecified atom stereocenters.